The van der Waals surface area contributed by atoms with Gasteiger partial charge in [-0.25, -0.2) is 13.9 Å². The lowest BCUT2D eigenvalue weighted by molar-refractivity contribution is 0.0707. The Balaban J connectivity index is 1.51. The molecule has 4 rings (SSSR count). The summed E-state index contributed by atoms with van der Waals surface area (Å²) in [4.78, 5) is 18.9. The topological polar surface area (TPSA) is 59.7 Å². The molecule has 0 saturated carbocycles. The van der Waals surface area contributed by atoms with Gasteiger partial charge in [0, 0.05) is 37.0 Å². The van der Waals surface area contributed by atoms with Crippen molar-refractivity contribution >= 4 is 11.6 Å². The summed E-state index contributed by atoms with van der Waals surface area (Å²) in [6, 6.07) is 7.88. The first-order valence-electron chi connectivity index (χ1n) is 8.59. The van der Waals surface area contributed by atoms with Crippen molar-refractivity contribution in [1.82, 2.24) is 19.5 Å². The predicted octanol–water partition coefficient (Wildman–Crippen LogP) is 2.90. The van der Waals surface area contributed by atoms with Gasteiger partial charge in [0.2, 0.25) is 0 Å². The van der Waals surface area contributed by atoms with Gasteiger partial charge >= 0.3 is 0 Å². The zero-order valence-corrected chi connectivity index (χ0v) is 14.4. The fraction of sp³-hybridized carbons (Fsp3) is 0.316. The largest absolute Gasteiger partial charge is 0.496 e. The SMILES string of the molecule is COc1ccc(F)cc1C(=O)N1CCC(c2ccnc3ccnn23)CC1. The molecule has 7 heteroatoms. The quantitative estimate of drug-likeness (QED) is 0.726. The lowest BCUT2D eigenvalue weighted by Gasteiger charge is -2.32. The van der Waals surface area contributed by atoms with Crippen LogP contribution in [0.2, 0.25) is 0 Å². The highest BCUT2D eigenvalue weighted by atomic mass is 19.1. The number of piperidine rings is 1. The summed E-state index contributed by atoms with van der Waals surface area (Å²) in [5.74, 6) is 0.0606. The fourth-order valence-corrected chi connectivity index (χ4v) is 3.56. The molecular formula is C19H19FN4O2. The Morgan fingerprint density at radius 1 is 1.19 bits per heavy atom. The zero-order valence-electron chi connectivity index (χ0n) is 14.4. The van der Waals surface area contributed by atoms with Crippen LogP contribution in [0.1, 0.15) is 34.8 Å². The van der Waals surface area contributed by atoms with Crippen LogP contribution in [0.5, 0.6) is 5.75 Å². The van der Waals surface area contributed by atoms with Crippen LogP contribution < -0.4 is 4.74 Å². The second kappa shape index (κ2) is 6.74. The second-order valence-corrected chi connectivity index (χ2v) is 6.38. The molecule has 0 radical (unpaired) electrons. The van der Waals surface area contributed by atoms with Crippen molar-refractivity contribution in [1.29, 1.82) is 0 Å². The molecule has 1 aromatic carbocycles. The molecule has 0 spiro atoms. The first-order chi connectivity index (χ1) is 12.7. The van der Waals surface area contributed by atoms with Crippen LogP contribution >= 0.6 is 0 Å². The Hall–Kier alpha value is -2.96. The minimum atomic E-state index is -0.443. The number of ether oxygens (including phenoxy) is 1. The summed E-state index contributed by atoms with van der Waals surface area (Å²) < 4.78 is 20.6. The van der Waals surface area contributed by atoms with Gasteiger partial charge in [0.05, 0.1) is 18.9 Å². The van der Waals surface area contributed by atoms with E-state index < -0.39 is 5.82 Å². The second-order valence-electron chi connectivity index (χ2n) is 6.38. The molecule has 26 heavy (non-hydrogen) atoms. The van der Waals surface area contributed by atoms with Crippen molar-refractivity contribution in [2.75, 3.05) is 20.2 Å². The average Bonchev–Trinajstić information content (AvgIpc) is 3.16. The highest BCUT2D eigenvalue weighted by molar-refractivity contribution is 5.97. The highest BCUT2D eigenvalue weighted by Gasteiger charge is 2.27. The number of fused-ring (bicyclic) bond motifs is 1. The normalized spacial score (nSPS) is 15.4. The van der Waals surface area contributed by atoms with Crippen molar-refractivity contribution in [3.8, 4) is 5.75 Å². The van der Waals surface area contributed by atoms with Crippen molar-refractivity contribution in [3.05, 3.63) is 59.8 Å². The molecular weight excluding hydrogens is 335 g/mol. The number of methoxy groups -OCH3 is 1. The summed E-state index contributed by atoms with van der Waals surface area (Å²) in [5, 5.41) is 4.34. The Kier molecular flexibility index (Phi) is 4.28. The van der Waals surface area contributed by atoms with Crippen LogP contribution in [-0.4, -0.2) is 45.6 Å². The van der Waals surface area contributed by atoms with Gasteiger partial charge in [-0.1, -0.05) is 0 Å². The smallest absolute Gasteiger partial charge is 0.257 e. The number of aromatic nitrogens is 3. The van der Waals surface area contributed by atoms with Crippen LogP contribution in [0.3, 0.4) is 0 Å². The number of hydrogen-bond acceptors (Lipinski definition) is 4. The molecule has 1 fully saturated rings. The molecule has 0 aliphatic carbocycles. The van der Waals surface area contributed by atoms with E-state index in [1.807, 2.05) is 16.6 Å². The number of hydrogen-bond donors (Lipinski definition) is 0. The number of carbonyl (C=O) groups excluding carboxylic acids is 1. The highest BCUT2D eigenvalue weighted by Crippen LogP contribution is 2.30. The predicted molar refractivity (Wildman–Crippen MR) is 93.8 cm³/mol. The van der Waals surface area contributed by atoms with Crippen molar-refractivity contribution < 1.29 is 13.9 Å². The molecule has 0 N–H and O–H groups in total. The molecule has 134 valence electrons. The zero-order chi connectivity index (χ0) is 18.1. The van der Waals surface area contributed by atoms with E-state index in [-0.39, 0.29) is 11.5 Å². The molecule has 0 bridgehead atoms. The van der Waals surface area contributed by atoms with Gasteiger partial charge in [-0.15, -0.1) is 0 Å². The third kappa shape index (κ3) is 2.89. The molecule has 2 aromatic heterocycles. The van der Waals surface area contributed by atoms with Crippen molar-refractivity contribution in [2.45, 2.75) is 18.8 Å². The van der Waals surface area contributed by atoms with Gasteiger partial charge in [0.1, 0.15) is 11.6 Å². The number of likely N-dealkylation sites (tertiary alicyclic amines) is 1. The van der Waals surface area contributed by atoms with Crippen LogP contribution in [0.4, 0.5) is 4.39 Å². The monoisotopic (exact) mass is 354 g/mol. The van der Waals surface area contributed by atoms with E-state index in [1.54, 1.807) is 17.3 Å². The van der Waals surface area contributed by atoms with Gasteiger partial charge < -0.3 is 9.64 Å². The molecule has 1 aliphatic heterocycles. The standard InChI is InChI=1S/C19H19FN4O2/c1-26-17-3-2-14(20)12-15(17)19(25)23-10-6-13(7-11-23)16-4-8-21-18-5-9-22-24(16)18/h2-5,8-9,12-13H,6-7,10-11H2,1H3. The number of benzene rings is 1. The first-order valence-corrected chi connectivity index (χ1v) is 8.59. The maximum atomic E-state index is 13.6. The molecule has 1 amide bonds. The van der Waals surface area contributed by atoms with E-state index >= 15 is 0 Å². The fourth-order valence-electron chi connectivity index (χ4n) is 3.56. The van der Waals surface area contributed by atoms with Crippen LogP contribution in [0.15, 0.2) is 42.7 Å². The van der Waals surface area contributed by atoms with Gasteiger partial charge in [-0.2, -0.15) is 5.10 Å². The number of rotatable bonds is 3. The van der Waals surface area contributed by atoms with Gasteiger partial charge in [0.15, 0.2) is 5.65 Å². The average molecular weight is 354 g/mol. The van der Waals surface area contributed by atoms with Crippen molar-refractivity contribution in [2.24, 2.45) is 0 Å². The Labute approximate surface area is 150 Å². The van der Waals surface area contributed by atoms with Crippen LogP contribution in [0.25, 0.3) is 5.65 Å². The van der Waals surface area contributed by atoms with Gasteiger partial charge in [-0.3, -0.25) is 4.79 Å². The summed E-state index contributed by atoms with van der Waals surface area (Å²) >= 11 is 0. The minimum absolute atomic E-state index is 0.196. The summed E-state index contributed by atoms with van der Waals surface area (Å²) in [5.41, 5.74) is 2.20. The molecule has 0 unspecified atom stereocenters. The maximum Gasteiger partial charge on any atom is 0.257 e. The first kappa shape index (κ1) is 16.5. The molecule has 3 heterocycles. The number of halogens is 1. The summed E-state index contributed by atoms with van der Waals surface area (Å²) in [6.07, 6.45) is 5.17. The third-order valence-electron chi connectivity index (χ3n) is 4.91. The summed E-state index contributed by atoms with van der Waals surface area (Å²) in [7, 11) is 1.48. The number of nitrogens with zero attached hydrogens (tertiary/aromatic N) is 4. The number of carbonyl (C=O) groups is 1. The van der Waals surface area contributed by atoms with Crippen molar-refractivity contribution in [3.63, 3.8) is 0 Å². The van der Waals surface area contributed by atoms with E-state index in [0.717, 1.165) is 24.2 Å². The third-order valence-corrected chi connectivity index (χ3v) is 4.91. The van der Waals surface area contributed by atoms with Gasteiger partial charge in [0.25, 0.3) is 5.91 Å². The molecule has 1 saturated heterocycles. The van der Waals surface area contributed by atoms with Crippen LogP contribution in [0, 0.1) is 5.82 Å². The van der Waals surface area contributed by atoms with E-state index in [4.69, 9.17) is 4.74 Å². The Morgan fingerprint density at radius 2 is 2.00 bits per heavy atom. The Morgan fingerprint density at radius 3 is 2.77 bits per heavy atom. The molecule has 1 aliphatic rings. The lowest BCUT2D eigenvalue weighted by atomic mass is 9.93. The summed E-state index contributed by atoms with van der Waals surface area (Å²) in [6.45, 7) is 1.21. The maximum absolute atomic E-state index is 13.6. The molecule has 3 aromatic rings. The van der Waals surface area contributed by atoms with E-state index in [0.29, 0.717) is 24.8 Å². The van der Waals surface area contributed by atoms with E-state index in [9.17, 15) is 9.18 Å². The molecule has 0 atom stereocenters. The van der Waals surface area contributed by atoms with E-state index in [1.165, 1.54) is 25.3 Å². The minimum Gasteiger partial charge on any atom is -0.496 e. The van der Waals surface area contributed by atoms with Gasteiger partial charge in [-0.05, 0) is 37.1 Å². The Bertz CT molecular complexity index is 948. The van der Waals surface area contributed by atoms with E-state index in [2.05, 4.69) is 10.1 Å². The molecule has 6 nitrogen and oxygen atoms in total. The lowest BCUT2D eigenvalue weighted by Crippen LogP contribution is -2.38. The van der Waals surface area contributed by atoms with Crippen LogP contribution in [-0.2, 0) is 0 Å². The number of amides is 1.